The Labute approximate surface area is 144 Å². The number of carbonyl (C=O) groups is 5. The topological polar surface area (TPSA) is 188 Å². The molecule has 11 heteroatoms. The molecule has 142 valence electrons. The first-order valence-corrected chi connectivity index (χ1v) is 7.59. The number of hydrogen-bond donors (Lipinski definition) is 6. The van der Waals surface area contributed by atoms with E-state index in [1.54, 1.807) is 13.8 Å². The summed E-state index contributed by atoms with van der Waals surface area (Å²) in [6.45, 7) is 2.57. The van der Waals surface area contributed by atoms with Crippen LogP contribution in [0.2, 0.25) is 0 Å². The van der Waals surface area contributed by atoms with Crippen LogP contribution in [0, 0.1) is 5.92 Å². The lowest BCUT2D eigenvalue weighted by molar-refractivity contribution is -0.143. The molecule has 0 aliphatic rings. The zero-order valence-corrected chi connectivity index (χ0v) is 14.1. The van der Waals surface area contributed by atoms with E-state index in [0.29, 0.717) is 0 Å². The van der Waals surface area contributed by atoms with Crippen molar-refractivity contribution in [1.82, 2.24) is 16.0 Å². The largest absolute Gasteiger partial charge is 0.481 e. The third kappa shape index (κ3) is 9.25. The smallest absolute Gasteiger partial charge is 0.326 e. The minimum atomic E-state index is -1.38. The molecule has 0 bridgehead atoms. The van der Waals surface area contributed by atoms with Gasteiger partial charge in [-0.05, 0) is 12.3 Å². The van der Waals surface area contributed by atoms with Gasteiger partial charge in [-0.1, -0.05) is 13.8 Å². The molecule has 0 radical (unpaired) electrons. The van der Waals surface area contributed by atoms with Crippen molar-refractivity contribution < 1.29 is 34.2 Å². The van der Waals surface area contributed by atoms with E-state index in [2.05, 4.69) is 16.0 Å². The Bertz CT molecular complexity index is 521. The molecule has 2 unspecified atom stereocenters. The van der Waals surface area contributed by atoms with Gasteiger partial charge in [-0.25, -0.2) is 4.79 Å². The molecular weight excluding hydrogens is 336 g/mol. The maximum absolute atomic E-state index is 12.0. The van der Waals surface area contributed by atoms with Crippen LogP contribution in [0.3, 0.4) is 0 Å². The van der Waals surface area contributed by atoms with Gasteiger partial charge in [-0.2, -0.15) is 0 Å². The van der Waals surface area contributed by atoms with Crippen molar-refractivity contribution in [2.45, 2.75) is 38.8 Å². The minimum absolute atomic E-state index is 0.263. The van der Waals surface area contributed by atoms with Gasteiger partial charge >= 0.3 is 11.9 Å². The molecule has 0 rings (SSSR count). The molecule has 0 heterocycles. The summed E-state index contributed by atoms with van der Waals surface area (Å²) in [7, 11) is 0. The van der Waals surface area contributed by atoms with E-state index in [9.17, 15) is 24.0 Å². The zero-order chi connectivity index (χ0) is 19.6. The van der Waals surface area contributed by atoms with E-state index >= 15 is 0 Å². The fraction of sp³-hybridized carbons (Fsp3) is 0.643. The van der Waals surface area contributed by atoms with Gasteiger partial charge in [0.1, 0.15) is 12.1 Å². The van der Waals surface area contributed by atoms with Gasteiger partial charge in [-0.15, -0.1) is 0 Å². The molecule has 0 saturated carbocycles. The van der Waals surface area contributed by atoms with Crippen molar-refractivity contribution in [3.05, 3.63) is 0 Å². The molecule has 0 aromatic rings. The lowest BCUT2D eigenvalue weighted by Gasteiger charge is -2.21. The number of nitrogens with two attached hydrogens (primary N) is 1. The lowest BCUT2D eigenvalue weighted by atomic mass is 10.0. The van der Waals surface area contributed by atoms with Crippen LogP contribution in [0.1, 0.15) is 26.7 Å². The first kappa shape index (κ1) is 22.3. The summed E-state index contributed by atoms with van der Waals surface area (Å²) in [4.78, 5) is 56.5. The number of amides is 3. The SMILES string of the molecule is CC(C)C(NC(=O)CN)C(=O)NCC(=O)NC(CCC(=O)O)C(=O)O. The maximum atomic E-state index is 12.0. The van der Waals surface area contributed by atoms with E-state index in [0.717, 1.165) is 0 Å². The van der Waals surface area contributed by atoms with Gasteiger partial charge in [-0.3, -0.25) is 19.2 Å². The molecule has 0 fully saturated rings. The van der Waals surface area contributed by atoms with Crippen molar-refractivity contribution in [1.29, 1.82) is 0 Å². The monoisotopic (exact) mass is 360 g/mol. The predicted molar refractivity (Wildman–Crippen MR) is 85.3 cm³/mol. The Morgan fingerprint density at radius 2 is 1.60 bits per heavy atom. The van der Waals surface area contributed by atoms with Crippen molar-refractivity contribution in [2.75, 3.05) is 13.1 Å². The number of nitrogens with one attached hydrogen (secondary N) is 3. The summed E-state index contributed by atoms with van der Waals surface area (Å²) >= 11 is 0. The van der Waals surface area contributed by atoms with Crippen LogP contribution >= 0.6 is 0 Å². The second kappa shape index (κ2) is 11.0. The van der Waals surface area contributed by atoms with Gasteiger partial charge < -0.3 is 31.9 Å². The number of aliphatic carboxylic acids is 2. The third-order valence-corrected chi connectivity index (χ3v) is 3.15. The summed E-state index contributed by atoms with van der Waals surface area (Å²) in [5, 5.41) is 24.3. The van der Waals surface area contributed by atoms with E-state index in [1.807, 2.05) is 0 Å². The molecule has 0 aromatic heterocycles. The highest BCUT2D eigenvalue weighted by molar-refractivity contribution is 5.92. The fourth-order valence-electron chi connectivity index (χ4n) is 1.82. The third-order valence-electron chi connectivity index (χ3n) is 3.15. The molecule has 0 spiro atoms. The van der Waals surface area contributed by atoms with Crippen molar-refractivity contribution in [2.24, 2.45) is 11.7 Å². The summed E-state index contributed by atoms with van der Waals surface area (Å²) in [6, 6.07) is -2.27. The number of carbonyl (C=O) groups excluding carboxylic acids is 3. The number of rotatable bonds is 11. The molecule has 0 aliphatic carbocycles. The summed E-state index contributed by atoms with van der Waals surface area (Å²) < 4.78 is 0. The number of carboxylic acid groups (broad SMARTS) is 2. The first-order valence-electron chi connectivity index (χ1n) is 7.59. The van der Waals surface area contributed by atoms with Gasteiger partial charge in [0.2, 0.25) is 17.7 Å². The highest BCUT2D eigenvalue weighted by atomic mass is 16.4. The lowest BCUT2D eigenvalue weighted by Crippen LogP contribution is -2.53. The molecular formula is C14H24N4O7. The molecule has 3 amide bonds. The Kier molecular flexibility index (Phi) is 9.79. The normalized spacial score (nSPS) is 12.8. The molecule has 0 saturated heterocycles. The van der Waals surface area contributed by atoms with E-state index in [4.69, 9.17) is 15.9 Å². The van der Waals surface area contributed by atoms with Gasteiger partial charge in [0, 0.05) is 6.42 Å². The summed E-state index contributed by atoms with van der Waals surface area (Å²) in [5.74, 6) is -4.78. The average Bonchev–Trinajstić information content (AvgIpc) is 2.52. The van der Waals surface area contributed by atoms with Crippen molar-refractivity contribution in [3.63, 3.8) is 0 Å². The van der Waals surface area contributed by atoms with E-state index in [-0.39, 0.29) is 18.9 Å². The standard InChI is InChI=1S/C14H24N4O7/c1-7(2)12(18-9(19)5-15)13(23)16-6-10(20)17-8(14(24)25)3-4-11(21)22/h7-8,12H,3-6,15H2,1-2H3,(H,16,23)(H,17,20)(H,18,19)(H,21,22)(H,24,25). The Hall–Kier alpha value is -2.69. The second-order valence-electron chi connectivity index (χ2n) is 5.60. The van der Waals surface area contributed by atoms with E-state index in [1.165, 1.54) is 0 Å². The van der Waals surface area contributed by atoms with Crippen LogP contribution in [0.15, 0.2) is 0 Å². The quantitative estimate of drug-likeness (QED) is 0.236. The maximum Gasteiger partial charge on any atom is 0.326 e. The first-order chi connectivity index (χ1) is 11.6. The second-order valence-corrected chi connectivity index (χ2v) is 5.60. The van der Waals surface area contributed by atoms with Crippen LogP contribution in [-0.4, -0.2) is 65.0 Å². The molecule has 0 aromatic carbocycles. The highest BCUT2D eigenvalue weighted by Gasteiger charge is 2.25. The van der Waals surface area contributed by atoms with Crippen LogP contribution in [0.5, 0.6) is 0 Å². The zero-order valence-electron chi connectivity index (χ0n) is 14.1. The van der Waals surface area contributed by atoms with Crippen LogP contribution < -0.4 is 21.7 Å². The Morgan fingerprint density at radius 1 is 1.00 bits per heavy atom. The molecule has 7 N–H and O–H groups in total. The van der Waals surface area contributed by atoms with E-state index < -0.39 is 54.7 Å². The molecule has 2 atom stereocenters. The highest BCUT2D eigenvalue weighted by Crippen LogP contribution is 2.02. The fourth-order valence-corrected chi connectivity index (χ4v) is 1.82. The van der Waals surface area contributed by atoms with Crippen LogP contribution in [0.4, 0.5) is 0 Å². The summed E-state index contributed by atoms with van der Waals surface area (Å²) in [5.41, 5.74) is 5.17. The molecule has 25 heavy (non-hydrogen) atoms. The van der Waals surface area contributed by atoms with Crippen LogP contribution in [0.25, 0.3) is 0 Å². The predicted octanol–water partition coefficient (Wildman–Crippen LogP) is -2.36. The Morgan fingerprint density at radius 3 is 2.04 bits per heavy atom. The van der Waals surface area contributed by atoms with Crippen molar-refractivity contribution >= 4 is 29.7 Å². The molecule has 11 nitrogen and oxygen atoms in total. The number of hydrogen-bond acceptors (Lipinski definition) is 6. The van der Waals surface area contributed by atoms with Crippen molar-refractivity contribution in [3.8, 4) is 0 Å². The minimum Gasteiger partial charge on any atom is -0.481 e. The van der Waals surface area contributed by atoms with Gasteiger partial charge in [0.15, 0.2) is 0 Å². The number of carboxylic acids is 2. The average molecular weight is 360 g/mol. The van der Waals surface area contributed by atoms with Crippen LogP contribution in [-0.2, 0) is 24.0 Å². The Balaban J connectivity index is 4.57. The van der Waals surface area contributed by atoms with Gasteiger partial charge in [0.25, 0.3) is 0 Å². The van der Waals surface area contributed by atoms with Gasteiger partial charge in [0.05, 0.1) is 13.1 Å². The summed E-state index contributed by atoms with van der Waals surface area (Å²) in [6.07, 6.45) is -0.713. The molecule has 0 aliphatic heterocycles.